The Kier molecular flexibility index (Phi) is 5.30. The molecule has 1 unspecified atom stereocenters. The maximum Gasteiger partial charge on any atom is 0.238 e. The van der Waals surface area contributed by atoms with Crippen LogP contribution in [0.15, 0.2) is 77.3 Å². The van der Waals surface area contributed by atoms with Crippen molar-refractivity contribution in [2.75, 3.05) is 11.9 Å². The molecular formula is C22H18BrClN2O. The minimum atomic E-state index is -0.134. The molecule has 0 aromatic heterocycles. The molecule has 5 heteroatoms. The van der Waals surface area contributed by atoms with Crippen molar-refractivity contribution in [3.05, 3.63) is 99.0 Å². The Balaban J connectivity index is 1.87. The maximum atomic E-state index is 12.6. The SMILES string of the molecule is O=C1CN(Cc2ccccc2)C(c2ccccc2Cl)c2cc(Br)ccc2N1. The number of nitrogens with zero attached hydrogens (tertiary/aromatic N) is 1. The first-order valence-corrected chi connectivity index (χ1v) is 9.90. The number of carbonyl (C=O) groups is 1. The Morgan fingerprint density at radius 1 is 1.00 bits per heavy atom. The van der Waals surface area contributed by atoms with Gasteiger partial charge in [-0.05, 0) is 41.0 Å². The van der Waals surface area contributed by atoms with Gasteiger partial charge in [-0.15, -0.1) is 0 Å². The molecule has 3 nitrogen and oxygen atoms in total. The van der Waals surface area contributed by atoms with E-state index in [4.69, 9.17) is 11.6 Å². The van der Waals surface area contributed by atoms with Crippen LogP contribution in [0.4, 0.5) is 5.69 Å². The highest BCUT2D eigenvalue weighted by Gasteiger charge is 2.31. The van der Waals surface area contributed by atoms with E-state index in [2.05, 4.69) is 44.3 Å². The average Bonchev–Trinajstić information content (AvgIpc) is 2.78. The smallest absolute Gasteiger partial charge is 0.238 e. The summed E-state index contributed by atoms with van der Waals surface area (Å²) in [5.41, 5.74) is 4.00. The summed E-state index contributed by atoms with van der Waals surface area (Å²) in [5.74, 6) is -0.0240. The minimum absolute atomic E-state index is 0.0240. The molecule has 1 N–H and O–H groups in total. The molecule has 0 saturated carbocycles. The highest BCUT2D eigenvalue weighted by Crippen LogP contribution is 2.40. The third-order valence-electron chi connectivity index (χ3n) is 4.72. The molecule has 0 aliphatic carbocycles. The molecule has 0 spiro atoms. The van der Waals surface area contributed by atoms with Gasteiger partial charge in [-0.3, -0.25) is 9.69 Å². The van der Waals surface area contributed by atoms with Crippen LogP contribution < -0.4 is 5.32 Å². The van der Waals surface area contributed by atoms with Gasteiger partial charge in [-0.2, -0.15) is 0 Å². The largest absolute Gasteiger partial charge is 0.325 e. The first-order chi connectivity index (χ1) is 13.1. The number of anilines is 1. The summed E-state index contributed by atoms with van der Waals surface area (Å²) < 4.78 is 0.967. The van der Waals surface area contributed by atoms with Crippen LogP contribution in [0, 0.1) is 0 Å². The summed E-state index contributed by atoms with van der Waals surface area (Å²) >= 11 is 10.2. The van der Waals surface area contributed by atoms with E-state index in [1.165, 1.54) is 0 Å². The Morgan fingerprint density at radius 3 is 2.52 bits per heavy atom. The quantitative estimate of drug-likeness (QED) is 0.570. The molecule has 27 heavy (non-hydrogen) atoms. The summed E-state index contributed by atoms with van der Waals surface area (Å²) in [6, 6.07) is 23.8. The van der Waals surface area contributed by atoms with Crippen molar-refractivity contribution >= 4 is 39.1 Å². The molecule has 1 heterocycles. The van der Waals surface area contributed by atoms with Crippen molar-refractivity contribution in [1.29, 1.82) is 0 Å². The zero-order valence-electron chi connectivity index (χ0n) is 14.5. The van der Waals surface area contributed by atoms with Crippen LogP contribution in [0.1, 0.15) is 22.7 Å². The van der Waals surface area contributed by atoms with Gasteiger partial charge in [0.1, 0.15) is 0 Å². The standard InChI is InChI=1S/C22H18BrClN2O/c23-16-10-11-20-18(12-16)22(17-8-4-5-9-19(17)24)26(14-21(27)25-20)13-15-6-2-1-3-7-15/h1-12,22H,13-14H2,(H,25,27). The van der Waals surface area contributed by atoms with E-state index < -0.39 is 0 Å². The highest BCUT2D eigenvalue weighted by molar-refractivity contribution is 9.10. The number of hydrogen-bond acceptors (Lipinski definition) is 2. The molecular weight excluding hydrogens is 424 g/mol. The number of fused-ring (bicyclic) bond motifs is 1. The molecule has 0 fully saturated rings. The van der Waals surface area contributed by atoms with Crippen LogP contribution in [-0.2, 0) is 11.3 Å². The van der Waals surface area contributed by atoms with Crippen LogP contribution in [0.2, 0.25) is 5.02 Å². The van der Waals surface area contributed by atoms with E-state index in [0.717, 1.165) is 26.9 Å². The molecule has 1 amide bonds. The number of benzene rings is 3. The Bertz CT molecular complexity index is 977. The molecule has 4 rings (SSSR count). The molecule has 1 atom stereocenters. The van der Waals surface area contributed by atoms with Crippen molar-refractivity contribution in [3.63, 3.8) is 0 Å². The van der Waals surface area contributed by atoms with Crippen molar-refractivity contribution in [2.45, 2.75) is 12.6 Å². The Morgan fingerprint density at radius 2 is 1.74 bits per heavy atom. The summed E-state index contributed by atoms with van der Waals surface area (Å²) in [6.45, 7) is 0.938. The van der Waals surface area contributed by atoms with Gasteiger partial charge in [-0.25, -0.2) is 0 Å². The summed E-state index contributed by atoms with van der Waals surface area (Å²) in [4.78, 5) is 14.8. The lowest BCUT2D eigenvalue weighted by Crippen LogP contribution is -2.33. The lowest BCUT2D eigenvalue weighted by atomic mass is 9.95. The topological polar surface area (TPSA) is 32.3 Å². The van der Waals surface area contributed by atoms with Crippen molar-refractivity contribution in [3.8, 4) is 0 Å². The zero-order valence-corrected chi connectivity index (χ0v) is 16.9. The van der Waals surface area contributed by atoms with Crippen molar-refractivity contribution < 1.29 is 4.79 Å². The molecule has 0 radical (unpaired) electrons. The van der Waals surface area contributed by atoms with E-state index in [-0.39, 0.29) is 18.5 Å². The minimum Gasteiger partial charge on any atom is -0.325 e. The van der Waals surface area contributed by atoms with Gasteiger partial charge in [0.05, 0.1) is 12.6 Å². The van der Waals surface area contributed by atoms with Crippen LogP contribution >= 0.6 is 27.5 Å². The molecule has 1 aliphatic heterocycles. The number of nitrogens with one attached hydrogen (secondary N) is 1. The lowest BCUT2D eigenvalue weighted by molar-refractivity contribution is -0.117. The molecule has 3 aromatic rings. The Labute approximate surface area is 172 Å². The number of carbonyl (C=O) groups excluding carboxylic acids is 1. The van der Waals surface area contributed by atoms with Crippen LogP contribution in [0.5, 0.6) is 0 Å². The van der Waals surface area contributed by atoms with Crippen molar-refractivity contribution in [2.24, 2.45) is 0 Å². The van der Waals surface area contributed by atoms with E-state index in [0.29, 0.717) is 11.6 Å². The summed E-state index contributed by atoms with van der Waals surface area (Å²) in [7, 11) is 0. The van der Waals surface area contributed by atoms with E-state index in [9.17, 15) is 4.79 Å². The van der Waals surface area contributed by atoms with Gasteiger partial charge in [0, 0.05) is 21.7 Å². The van der Waals surface area contributed by atoms with Gasteiger partial charge < -0.3 is 5.32 Å². The highest BCUT2D eigenvalue weighted by atomic mass is 79.9. The van der Waals surface area contributed by atoms with E-state index >= 15 is 0 Å². The van der Waals surface area contributed by atoms with Crippen LogP contribution in [0.3, 0.4) is 0 Å². The molecule has 136 valence electrons. The second-order valence-electron chi connectivity index (χ2n) is 6.59. The lowest BCUT2D eigenvalue weighted by Gasteiger charge is -2.31. The third kappa shape index (κ3) is 3.93. The zero-order chi connectivity index (χ0) is 18.8. The molecule has 0 saturated heterocycles. The van der Waals surface area contributed by atoms with E-state index in [1.807, 2.05) is 54.6 Å². The second kappa shape index (κ2) is 7.85. The van der Waals surface area contributed by atoms with Crippen LogP contribution in [0.25, 0.3) is 0 Å². The number of rotatable bonds is 3. The van der Waals surface area contributed by atoms with E-state index in [1.54, 1.807) is 0 Å². The van der Waals surface area contributed by atoms with Gasteiger partial charge in [-0.1, -0.05) is 76.1 Å². The molecule has 0 bridgehead atoms. The first-order valence-electron chi connectivity index (χ1n) is 8.73. The Hall–Kier alpha value is -2.14. The third-order valence-corrected chi connectivity index (χ3v) is 5.56. The number of halogens is 2. The first kappa shape index (κ1) is 18.2. The summed E-state index contributed by atoms with van der Waals surface area (Å²) in [5, 5.41) is 3.74. The predicted octanol–water partition coefficient (Wildman–Crippen LogP) is 5.65. The average molecular weight is 442 g/mol. The van der Waals surface area contributed by atoms with Gasteiger partial charge in [0.25, 0.3) is 0 Å². The number of amides is 1. The van der Waals surface area contributed by atoms with Gasteiger partial charge in [0.2, 0.25) is 5.91 Å². The predicted molar refractivity (Wildman–Crippen MR) is 113 cm³/mol. The fraction of sp³-hybridized carbons (Fsp3) is 0.136. The van der Waals surface area contributed by atoms with Gasteiger partial charge in [0.15, 0.2) is 0 Å². The summed E-state index contributed by atoms with van der Waals surface area (Å²) in [6.07, 6.45) is 0. The van der Waals surface area contributed by atoms with Crippen molar-refractivity contribution in [1.82, 2.24) is 4.90 Å². The van der Waals surface area contributed by atoms with Crippen LogP contribution in [-0.4, -0.2) is 17.4 Å². The monoisotopic (exact) mass is 440 g/mol. The maximum absolute atomic E-state index is 12.6. The fourth-order valence-corrected chi connectivity index (χ4v) is 4.18. The normalized spacial score (nSPS) is 17.1. The fourth-order valence-electron chi connectivity index (χ4n) is 3.56. The second-order valence-corrected chi connectivity index (χ2v) is 7.92. The number of hydrogen-bond donors (Lipinski definition) is 1. The van der Waals surface area contributed by atoms with Gasteiger partial charge >= 0.3 is 0 Å². The molecule has 1 aliphatic rings. The molecule has 3 aromatic carbocycles.